The van der Waals surface area contributed by atoms with Crippen LogP contribution in [0.3, 0.4) is 0 Å². The molecule has 1 aromatic heterocycles. The lowest BCUT2D eigenvalue weighted by Gasteiger charge is -2.15. The van der Waals surface area contributed by atoms with Crippen LogP contribution in [0.25, 0.3) is 22.3 Å². The van der Waals surface area contributed by atoms with Crippen LogP contribution in [0.5, 0.6) is 28.7 Å². The molecule has 3 aromatic carbocycles. The second-order valence-electron chi connectivity index (χ2n) is 7.99. The van der Waals surface area contributed by atoms with Crippen molar-refractivity contribution in [2.75, 3.05) is 34.5 Å². The van der Waals surface area contributed by atoms with E-state index in [1.54, 1.807) is 39.5 Å². The first-order chi connectivity index (χ1) is 16.9. The van der Waals surface area contributed by atoms with Gasteiger partial charge < -0.3 is 28.1 Å². The molecule has 0 atom stereocenters. The van der Waals surface area contributed by atoms with Gasteiger partial charge in [-0.1, -0.05) is 6.07 Å². The first-order valence-electron chi connectivity index (χ1n) is 11.1. The Bertz CT molecular complexity index is 1390. The van der Waals surface area contributed by atoms with E-state index in [4.69, 9.17) is 28.1 Å². The van der Waals surface area contributed by atoms with Gasteiger partial charge in [0.1, 0.15) is 30.3 Å². The number of benzene rings is 3. The largest absolute Gasteiger partial charge is 0.497 e. The summed E-state index contributed by atoms with van der Waals surface area (Å²) < 4.78 is 34.0. The molecule has 4 aromatic rings. The maximum atomic E-state index is 13.5. The topological polar surface area (TPSA) is 76.4 Å². The summed E-state index contributed by atoms with van der Waals surface area (Å²) in [6.07, 6.45) is 0. The van der Waals surface area contributed by atoms with E-state index in [0.717, 1.165) is 16.9 Å². The lowest BCUT2D eigenvalue weighted by molar-refractivity contribution is 0.214. The Morgan fingerprint density at radius 1 is 0.743 bits per heavy atom. The highest BCUT2D eigenvalue weighted by Gasteiger charge is 2.20. The van der Waals surface area contributed by atoms with Crippen molar-refractivity contribution in [1.82, 2.24) is 0 Å². The van der Waals surface area contributed by atoms with Crippen molar-refractivity contribution in [2.24, 2.45) is 0 Å². The summed E-state index contributed by atoms with van der Waals surface area (Å²) in [6, 6.07) is 16.4. The van der Waals surface area contributed by atoms with Crippen LogP contribution in [0.2, 0.25) is 0 Å². The maximum absolute atomic E-state index is 13.5. The Labute approximate surface area is 203 Å². The summed E-state index contributed by atoms with van der Waals surface area (Å²) in [5.41, 5.74) is 2.75. The van der Waals surface area contributed by atoms with Gasteiger partial charge in [0, 0.05) is 5.56 Å². The third-order valence-corrected chi connectivity index (χ3v) is 5.58. The molecule has 0 N–H and O–H groups in total. The highest BCUT2D eigenvalue weighted by Crippen LogP contribution is 2.37. The van der Waals surface area contributed by atoms with Gasteiger partial charge in [-0.2, -0.15) is 0 Å². The fourth-order valence-corrected chi connectivity index (χ4v) is 3.91. The van der Waals surface area contributed by atoms with Crippen LogP contribution >= 0.6 is 0 Å². The molecule has 0 unspecified atom stereocenters. The summed E-state index contributed by atoms with van der Waals surface area (Å²) in [4.78, 5) is 13.5. The maximum Gasteiger partial charge on any atom is 0.235 e. The predicted octanol–water partition coefficient (Wildman–Crippen LogP) is 5.56. The zero-order valence-electron chi connectivity index (χ0n) is 20.5. The third kappa shape index (κ3) is 5.04. The summed E-state index contributed by atoms with van der Waals surface area (Å²) >= 11 is 0. The molecule has 0 saturated heterocycles. The van der Waals surface area contributed by atoms with Crippen molar-refractivity contribution >= 4 is 11.0 Å². The number of hydrogen-bond donors (Lipinski definition) is 0. The van der Waals surface area contributed by atoms with Crippen molar-refractivity contribution in [3.63, 3.8) is 0 Å². The smallest absolute Gasteiger partial charge is 0.235 e. The summed E-state index contributed by atoms with van der Waals surface area (Å²) in [7, 11) is 4.73. The molecule has 0 bridgehead atoms. The first kappa shape index (κ1) is 24.0. The van der Waals surface area contributed by atoms with Gasteiger partial charge >= 0.3 is 0 Å². The number of hydrogen-bond acceptors (Lipinski definition) is 7. The van der Waals surface area contributed by atoms with Crippen molar-refractivity contribution in [3.05, 3.63) is 75.9 Å². The summed E-state index contributed by atoms with van der Waals surface area (Å²) in [5, 5.41) is 0.470. The van der Waals surface area contributed by atoms with Gasteiger partial charge in [-0.3, -0.25) is 4.79 Å². The van der Waals surface area contributed by atoms with E-state index in [1.165, 1.54) is 0 Å². The molecule has 0 spiro atoms. The molecule has 7 nitrogen and oxygen atoms in total. The molecular formula is C28H28O7. The van der Waals surface area contributed by atoms with Gasteiger partial charge in [-0.05, 0) is 73.5 Å². The van der Waals surface area contributed by atoms with Crippen LogP contribution in [-0.4, -0.2) is 34.5 Å². The van der Waals surface area contributed by atoms with Gasteiger partial charge in [0.05, 0.1) is 26.7 Å². The second kappa shape index (κ2) is 10.4. The fourth-order valence-electron chi connectivity index (χ4n) is 3.91. The summed E-state index contributed by atoms with van der Waals surface area (Å²) in [6.45, 7) is 4.24. The van der Waals surface area contributed by atoms with Crippen LogP contribution in [-0.2, 0) is 0 Å². The first-order valence-corrected chi connectivity index (χ1v) is 11.1. The van der Waals surface area contributed by atoms with E-state index in [1.807, 2.05) is 50.2 Å². The van der Waals surface area contributed by atoms with Crippen LogP contribution in [0, 0.1) is 13.8 Å². The molecule has 0 aliphatic rings. The normalized spacial score (nSPS) is 10.8. The van der Waals surface area contributed by atoms with Crippen molar-refractivity contribution in [1.29, 1.82) is 0 Å². The van der Waals surface area contributed by atoms with Crippen molar-refractivity contribution in [3.8, 4) is 40.1 Å². The molecule has 7 heteroatoms. The average Bonchev–Trinajstić information content (AvgIpc) is 2.87. The number of ether oxygens (including phenoxy) is 5. The molecule has 0 saturated carbocycles. The second-order valence-corrected chi connectivity index (χ2v) is 7.99. The van der Waals surface area contributed by atoms with Crippen LogP contribution in [0.4, 0.5) is 0 Å². The molecule has 0 aliphatic carbocycles. The predicted molar refractivity (Wildman–Crippen MR) is 134 cm³/mol. The van der Waals surface area contributed by atoms with Gasteiger partial charge in [-0.25, -0.2) is 0 Å². The monoisotopic (exact) mass is 476 g/mol. The average molecular weight is 477 g/mol. The van der Waals surface area contributed by atoms with E-state index in [-0.39, 0.29) is 24.4 Å². The van der Waals surface area contributed by atoms with Crippen molar-refractivity contribution in [2.45, 2.75) is 13.8 Å². The van der Waals surface area contributed by atoms with Crippen molar-refractivity contribution < 1.29 is 28.1 Å². The third-order valence-electron chi connectivity index (χ3n) is 5.58. The highest BCUT2D eigenvalue weighted by molar-refractivity contribution is 5.85. The number of fused-ring (bicyclic) bond motifs is 1. The minimum Gasteiger partial charge on any atom is -0.497 e. The minimum atomic E-state index is -0.243. The number of aryl methyl sites for hydroxylation is 2. The number of rotatable bonds is 9. The molecule has 0 aliphatic heterocycles. The Kier molecular flexibility index (Phi) is 7.15. The van der Waals surface area contributed by atoms with E-state index >= 15 is 0 Å². The van der Waals surface area contributed by atoms with Gasteiger partial charge in [0.2, 0.25) is 11.2 Å². The lowest BCUT2D eigenvalue weighted by Crippen LogP contribution is -2.15. The van der Waals surface area contributed by atoms with E-state index in [0.29, 0.717) is 39.5 Å². The zero-order chi connectivity index (χ0) is 24.9. The molecule has 0 radical (unpaired) electrons. The van der Waals surface area contributed by atoms with Gasteiger partial charge in [-0.15, -0.1) is 0 Å². The van der Waals surface area contributed by atoms with Gasteiger partial charge in [0.15, 0.2) is 17.3 Å². The molecule has 0 fully saturated rings. The Morgan fingerprint density at radius 2 is 1.43 bits per heavy atom. The molecular weight excluding hydrogens is 448 g/mol. The Balaban J connectivity index is 1.70. The summed E-state index contributed by atoms with van der Waals surface area (Å²) in [5.74, 6) is 2.94. The van der Waals surface area contributed by atoms with E-state index < -0.39 is 0 Å². The molecule has 35 heavy (non-hydrogen) atoms. The SMILES string of the molecule is COc1ccc(OCCOc2c(-c3ccc(OC)c(OC)c3)oc3c(C)cc(C)cc3c2=O)cc1. The van der Waals surface area contributed by atoms with Crippen LogP contribution in [0.15, 0.2) is 63.8 Å². The highest BCUT2D eigenvalue weighted by atomic mass is 16.5. The Hall–Kier alpha value is -4.13. The van der Waals surface area contributed by atoms with E-state index in [9.17, 15) is 4.79 Å². The molecule has 1 heterocycles. The molecule has 4 rings (SSSR count). The van der Waals surface area contributed by atoms with E-state index in [2.05, 4.69) is 0 Å². The number of methoxy groups -OCH3 is 3. The van der Waals surface area contributed by atoms with Gasteiger partial charge in [0.25, 0.3) is 0 Å². The fraction of sp³-hybridized carbons (Fsp3) is 0.250. The molecule has 0 amide bonds. The zero-order valence-corrected chi connectivity index (χ0v) is 20.5. The standard InChI is InChI=1S/C28H28O7/c1-17-14-18(2)26-22(15-17)25(29)28(34-13-12-33-21-9-7-20(30-3)8-10-21)27(35-26)19-6-11-23(31-4)24(16-19)32-5/h6-11,14-16H,12-13H2,1-5H3. The Morgan fingerprint density at radius 3 is 2.11 bits per heavy atom. The minimum absolute atomic E-state index is 0.119. The quantitative estimate of drug-likeness (QED) is 0.293. The lowest BCUT2D eigenvalue weighted by atomic mass is 10.0. The van der Waals surface area contributed by atoms with Crippen LogP contribution in [0.1, 0.15) is 11.1 Å². The molecule has 182 valence electrons. The van der Waals surface area contributed by atoms with Crippen LogP contribution < -0.4 is 29.1 Å².